The number of aliphatic hydroxyl groups is 1. The number of amides is 1. The summed E-state index contributed by atoms with van der Waals surface area (Å²) in [6.45, 7) is 3.74. The van der Waals surface area contributed by atoms with Gasteiger partial charge in [0.15, 0.2) is 0 Å². The van der Waals surface area contributed by atoms with Crippen LogP contribution in [0.15, 0.2) is 18.2 Å². The van der Waals surface area contributed by atoms with Gasteiger partial charge in [-0.2, -0.15) is 0 Å². The van der Waals surface area contributed by atoms with Gasteiger partial charge in [-0.1, -0.05) is 11.8 Å². The standard InChI is InChI=1S/C17H20FNO2/c1-12-5-3-6-13(2)19(12)17(21)15-9-8-14(7-4-10-20)11-16(15)18/h8-9,11-13,20H,3,5-6,10H2,1-2H3. The minimum absolute atomic E-state index is 0.0881. The molecule has 112 valence electrons. The summed E-state index contributed by atoms with van der Waals surface area (Å²) in [4.78, 5) is 14.4. The lowest BCUT2D eigenvalue weighted by Gasteiger charge is -2.39. The van der Waals surface area contributed by atoms with Crippen LogP contribution in [0.5, 0.6) is 0 Å². The third-order valence-corrected chi connectivity index (χ3v) is 3.94. The molecule has 2 atom stereocenters. The third-order valence-electron chi connectivity index (χ3n) is 3.94. The Morgan fingerprint density at radius 3 is 2.62 bits per heavy atom. The molecular weight excluding hydrogens is 269 g/mol. The molecule has 0 spiro atoms. The number of rotatable bonds is 1. The van der Waals surface area contributed by atoms with Crippen molar-refractivity contribution in [2.24, 2.45) is 0 Å². The Labute approximate surface area is 124 Å². The second-order valence-corrected chi connectivity index (χ2v) is 5.50. The van der Waals surface area contributed by atoms with Gasteiger partial charge >= 0.3 is 0 Å². The van der Waals surface area contributed by atoms with Crippen LogP contribution >= 0.6 is 0 Å². The average Bonchev–Trinajstić information content (AvgIpc) is 2.44. The highest BCUT2D eigenvalue weighted by atomic mass is 19.1. The third kappa shape index (κ3) is 3.43. The molecule has 0 bridgehead atoms. The lowest BCUT2D eigenvalue weighted by molar-refractivity contribution is 0.0506. The van der Waals surface area contributed by atoms with E-state index < -0.39 is 5.82 Å². The number of hydrogen-bond donors (Lipinski definition) is 1. The highest BCUT2D eigenvalue weighted by Crippen LogP contribution is 2.25. The average molecular weight is 289 g/mol. The molecule has 0 radical (unpaired) electrons. The van der Waals surface area contributed by atoms with Crippen LogP contribution in [0.2, 0.25) is 0 Å². The topological polar surface area (TPSA) is 40.5 Å². The Balaban J connectivity index is 2.26. The van der Waals surface area contributed by atoms with Crippen LogP contribution in [0.25, 0.3) is 0 Å². The van der Waals surface area contributed by atoms with Crippen LogP contribution in [0.1, 0.15) is 49.0 Å². The van der Waals surface area contributed by atoms with Crippen molar-refractivity contribution in [1.82, 2.24) is 4.90 Å². The Morgan fingerprint density at radius 2 is 2.05 bits per heavy atom. The lowest BCUT2D eigenvalue weighted by atomic mass is 9.96. The summed E-state index contributed by atoms with van der Waals surface area (Å²) in [6.07, 6.45) is 3.01. The molecule has 1 aromatic rings. The van der Waals surface area contributed by atoms with Crippen LogP contribution in [0.4, 0.5) is 4.39 Å². The van der Waals surface area contributed by atoms with Gasteiger partial charge in [-0.15, -0.1) is 0 Å². The van der Waals surface area contributed by atoms with Gasteiger partial charge in [0.25, 0.3) is 5.91 Å². The predicted octanol–water partition coefficient (Wildman–Crippen LogP) is 2.57. The SMILES string of the molecule is CC1CCCC(C)N1C(=O)c1ccc(C#CCO)cc1F. The van der Waals surface area contributed by atoms with Gasteiger partial charge in [-0.25, -0.2) is 4.39 Å². The van der Waals surface area contributed by atoms with E-state index in [0.717, 1.165) is 19.3 Å². The molecule has 1 aromatic carbocycles. The smallest absolute Gasteiger partial charge is 0.257 e. The van der Waals surface area contributed by atoms with Gasteiger partial charge in [0.2, 0.25) is 0 Å². The van der Waals surface area contributed by atoms with Crippen molar-refractivity contribution in [2.75, 3.05) is 6.61 Å². The first-order valence-electron chi connectivity index (χ1n) is 7.26. The fourth-order valence-electron chi connectivity index (χ4n) is 2.87. The lowest BCUT2D eigenvalue weighted by Crippen LogP contribution is -2.47. The summed E-state index contributed by atoms with van der Waals surface area (Å²) in [5.74, 6) is 4.28. The molecule has 2 unspecified atom stereocenters. The van der Waals surface area contributed by atoms with Gasteiger partial charge in [0.05, 0.1) is 5.56 Å². The summed E-state index contributed by atoms with van der Waals surface area (Å²) < 4.78 is 14.2. The number of carbonyl (C=O) groups excluding carboxylic acids is 1. The summed E-state index contributed by atoms with van der Waals surface area (Å²) in [6, 6.07) is 4.60. The molecule has 0 aromatic heterocycles. The molecule has 21 heavy (non-hydrogen) atoms. The van der Waals surface area contributed by atoms with E-state index in [0.29, 0.717) is 5.56 Å². The van der Waals surface area contributed by atoms with E-state index in [1.807, 2.05) is 13.8 Å². The van der Waals surface area contributed by atoms with E-state index in [4.69, 9.17) is 5.11 Å². The monoisotopic (exact) mass is 289 g/mol. The van der Waals surface area contributed by atoms with Crippen LogP contribution in [0, 0.1) is 17.7 Å². The van der Waals surface area contributed by atoms with Gasteiger partial charge in [0.1, 0.15) is 12.4 Å². The number of hydrogen-bond acceptors (Lipinski definition) is 2. The van der Waals surface area contributed by atoms with Crippen molar-refractivity contribution in [3.63, 3.8) is 0 Å². The highest BCUT2D eigenvalue weighted by molar-refractivity contribution is 5.95. The molecule has 0 aliphatic carbocycles. The van der Waals surface area contributed by atoms with E-state index in [-0.39, 0.29) is 30.2 Å². The molecule has 1 saturated heterocycles. The molecule has 1 aliphatic heterocycles. The maximum atomic E-state index is 14.2. The summed E-state index contributed by atoms with van der Waals surface area (Å²) >= 11 is 0. The Morgan fingerprint density at radius 1 is 1.38 bits per heavy atom. The quantitative estimate of drug-likeness (QED) is 0.807. The van der Waals surface area contributed by atoms with E-state index in [2.05, 4.69) is 11.8 Å². The molecule has 1 heterocycles. The molecule has 1 fully saturated rings. The van der Waals surface area contributed by atoms with Gasteiger partial charge < -0.3 is 10.0 Å². The number of nitrogens with zero attached hydrogens (tertiary/aromatic N) is 1. The predicted molar refractivity (Wildman–Crippen MR) is 79.3 cm³/mol. The zero-order chi connectivity index (χ0) is 15.4. The van der Waals surface area contributed by atoms with Crippen LogP contribution in [-0.4, -0.2) is 34.6 Å². The van der Waals surface area contributed by atoms with Gasteiger partial charge in [-0.3, -0.25) is 4.79 Å². The minimum Gasteiger partial charge on any atom is -0.384 e. The second-order valence-electron chi connectivity index (χ2n) is 5.50. The molecule has 2 rings (SSSR count). The first kappa shape index (κ1) is 15.5. The first-order chi connectivity index (χ1) is 10.0. The summed E-state index contributed by atoms with van der Waals surface area (Å²) in [5.41, 5.74) is 0.544. The number of likely N-dealkylation sites (tertiary alicyclic amines) is 1. The van der Waals surface area contributed by atoms with Crippen molar-refractivity contribution in [2.45, 2.75) is 45.2 Å². The van der Waals surface area contributed by atoms with E-state index in [1.165, 1.54) is 12.1 Å². The molecule has 0 saturated carbocycles. The maximum absolute atomic E-state index is 14.2. The summed E-state index contributed by atoms with van der Waals surface area (Å²) in [5, 5.41) is 8.64. The molecule has 1 aliphatic rings. The zero-order valence-electron chi connectivity index (χ0n) is 12.4. The highest BCUT2D eigenvalue weighted by Gasteiger charge is 2.30. The first-order valence-corrected chi connectivity index (χ1v) is 7.26. The van der Waals surface area contributed by atoms with Crippen molar-refractivity contribution in [3.05, 3.63) is 35.1 Å². The normalized spacial score (nSPS) is 21.6. The Hall–Kier alpha value is -1.86. The fourth-order valence-corrected chi connectivity index (χ4v) is 2.87. The number of halogens is 1. The van der Waals surface area contributed by atoms with E-state index in [9.17, 15) is 9.18 Å². The molecule has 1 amide bonds. The number of piperidine rings is 1. The van der Waals surface area contributed by atoms with Crippen molar-refractivity contribution < 1.29 is 14.3 Å². The second kappa shape index (κ2) is 6.73. The zero-order valence-corrected chi connectivity index (χ0v) is 12.4. The van der Waals surface area contributed by atoms with E-state index >= 15 is 0 Å². The summed E-state index contributed by atoms with van der Waals surface area (Å²) in [7, 11) is 0. The van der Waals surface area contributed by atoms with Crippen molar-refractivity contribution in [3.8, 4) is 11.8 Å². The Kier molecular flexibility index (Phi) is 4.98. The minimum atomic E-state index is -0.560. The van der Waals surface area contributed by atoms with Crippen LogP contribution < -0.4 is 0 Å². The maximum Gasteiger partial charge on any atom is 0.257 e. The van der Waals surface area contributed by atoms with Crippen LogP contribution in [-0.2, 0) is 0 Å². The van der Waals surface area contributed by atoms with Crippen molar-refractivity contribution >= 4 is 5.91 Å². The largest absolute Gasteiger partial charge is 0.384 e. The van der Waals surface area contributed by atoms with Crippen molar-refractivity contribution in [1.29, 1.82) is 0 Å². The van der Waals surface area contributed by atoms with E-state index in [1.54, 1.807) is 11.0 Å². The fraction of sp³-hybridized carbons (Fsp3) is 0.471. The van der Waals surface area contributed by atoms with Crippen LogP contribution in [0.3, 0.4) is 0 Å². The molecule has 4 heteroatoms. The molecule has 1 N–H and O–H groups in total. The molecule has 3 nitrogen and oxygen atoms in total. The molecular formula is C17H20FNO2. The number of aliphatic hydroxyl groups excluding tert-OH is 1. The number of carbonyl (C=O) groups is 1. The number of benzene rings is 1. The Bertz CT molecular complexity index is 578. The van der Waals surface area contributed by atoms with Gasteiger partial charge in [0, 0.05) is 17.6 Å². The van der Waals surface area contributed by atoms with Gasteiger partial charge in [-0.05, 0) is 51.3 Å².